The molecule has 1 aliphatic rings. The van der Waals surface area contributed by atoms with Crippen LogP contribution in [0.3, 0.4) is 0 Å². The number of hydrogen-bond acceptors (Lipinski definition) is 4. The van der Waals surface area contributed by atoms with Gasteiger partial charge < -0.3 is 5.73 Å². The van der Waals surface area contributed by atoms with Crippen molar-refractivity contribution in [3.63, 3.8) is 0 Å². The Labute approximate surface area is 127 Å². The van der Waals surface area contributed by atoms with Gasteiger partial charge in [0.25, 0.3) is 0 Å². The Bertz CT molecular complexity index is 829. The molecule has 0 amide bonds. The summed E-state index contributed by atoms with van der Waals surface area (Å²) in [6.07, 6.45) is 3.67. The predicted molar refractivity (Wildman–Crippen MR) is 86.5 cm³/mol. The number of aryl methyl sites for hydroxylation is 2. The van der Waals surface area contributed by atoms with Gasteiger partial charge in [0.05, 0.1) is 5.52 Å². The molecule has 0 aliphatic heterocycles. The molecular weight excluding hydrogens is 278 g/mol. The van der Waals surface area contributed by atoms with Crippen LogP contribution < -0.4 is 5.73 Å². The second-order valence-corrected chi connectivity index (χ2v) is 6.35. The van der Waals surface area contributed by atoms with E-state index in [1.807, 2.05) is 24.3 Å². The minimum absolute atomic E-state index is 0.331. The highest BCUT2D eigenvalue weighted by Gasteiger charge is 2.13. The Morgan fingerprint density at radius 2 is 1.81 bits per heavy atom. The van der Waals surface area contributed by atoms with Gasteiger partial charge in [-0.25, -0.2) is 9.97 Å². The maximum atomic E-state index is 5.83. The zero-order chi connectivity index (χ0) is 14.2. The third kappa shape index (κ3) is 2.36. The fraction of sp³-hybridized carbons (Fsp3) is 0.176. The van der Waals surface area contributed by atoms with Gasteiger partial charge in [-0.1, -0.05) is 36.0 Å². The summed E-state index contributed by atoms with van der Waals surface area (Å²) in [6, 6.07) is 14.7. The predicted octanol–water partition coefficient (Wildman–Crippen LogP) is 3.85. The number of nitrogen functional groups attached to an aromatic ring is 1. The molecule has 2 N–H and O–H groups in total. The van der Waals surface area contributed by atoms with E-state index in [0.717, 1.165) is 15.9 Å². The van der Waals surface area contributed by atoms with Crippen LogP contribution in [0.25, 0.3) is 10.9 Å². The molecule has 0 saturated heterocycles. The summed E-state index contributed by atoms with van der Waals surface area (Å²) in [7, 11) is 0. The summed E-state index contributed by atoms with van der Waals surface area (Å²) < 4.78 is 0. The Balaban J connectivity index is 1.77. The van der Waals surface area contributed by atoms with E-state index in [9.17, 15) is 0 Å². The molecule has 1 heterocycles. The second kappa shape index (κ2) is 5.04. The summed E-state index contributed by atoms with van der Waals surface area (Å²) in [5, 5.41) is 1.98. The van der Waals surface area contributed by atoms with E-state index in [1.165, 1.54) is 35.3 Å². The number of aromatic nitrogens is 2. The zero-order valence-electron chi connectivity index (χ0n) is 11.5. The lowest BCUT2D eigenvalue weighted by Gasteiger charge is -2.07. The lowest BCUT2D eigenvalue weighted by atomic mass is 10.1. The third-order valence-corrected chi connectivity index (χ3v) is 4.86. The zero-order valence-corrected chi connectivity index (χ0v) is 12.4. The smallest absolute Gasteiger partial charge is 0.221 e. The molecule has 0 radical (unpaired) electrons. The maximum Gasteiger partial charge on any atom is 0.221 e. The number of benzene rings is 2. The summed E-state index contributed by atoms with van der Waals surface area (Å²) >= 11 is 1.67. The van der Waals surface area contributed by atoms with Crippen LogP contribution in [0.15, 0.2) is 52.4 Å². The molecule has 0 spiro atoms. The Hall–Kier alpha value is -2.07. The molecule has 4 heteroatoms. The molecule has 0 saturated carbocycles. The maximum absolute atomic E-state index is 5.83. The minimum atomic E-state index is 0.331. The first kappa shape index (κ1) is 12.7. The van der Waals surface area contributed by atoms with E-state index in [2.05, 4.69) is 28.2 Å². The van der Waals surface area contributed by atoms with E-state index in [1.54, 1.807) is 11.8 Å². The molecule has 2 aromatic carbocycles. The highest BCUT2D eigenvalue weighted by atomic mass is 32.2. The van der Waals surface area contributed by atoms with Gasteiger partial charge in [-0.05, 0) is 48.6 Å². The van der Waals surface area contributed by atoms with E-state index < -0.39 is 0 Å². The SMILES string of the molecule is Nc1nc(Sc2ccc3c(c2)CCC3)c2ccccc2n1. The molecule has 3 nitrogen and oxygen atoms in total. The fourth-order valence-corrected chi connectivity index (χ4v) is 3.85. The van der Waals surface area contributed by atoms with Crippen molar-refractivity contribution in [3.05, 3.63) is 53.6 Å². The van der Waals surface area contributed by atoms with Gasteiger partial charge >= 0.3 is 0 Å². The summed E-state index contributed by atoms with van der Waals surface area (Å²) in [5.41, 5.74) is 9.70. The van der Waals surface area contributed by atoms with Crippen molar-refractivity contribution < 1.29 is 0 Å². The van der Waals surface area contributed by atoms with Crippen molar-refractivity contribution in [2.45, 2.75) is 29.2 Å². The molecule has 0 fully saturated rings. The topological polar surface area (TPSA) is 51.8 Å². The van der Waals surface area contributed by atoms with Gasteiger partial charge in [-0.2, -0.15) is 0 Å². The van der Waals surface area contributed by atoms with Gasteiger partial charge in [0, 0.05) is 10.3 Å². The van der Waals surface area contributed by atoms with Crippen molar-refractivity contribution in [1.82, 2.24) is 9.97 Å². The molecule has 0 atom stereocenters. The van der Waals surface area contributed by atoms with E-state index in [4.69, 9.17) is 5.73 Å². The van der Waals surface area contributed by atoms with Crippen LogP contribution in [-0.4, -0.2) is 9.97 Å². The highest BCUT2D eigenvalue weighted by molar-refractivity contribution is 7.99. The Morgan fingerprint density at radius 3 is 2.76 bits per heavy atom. The number of fused-ring (bicyclic) bond motifs is 2. The second-order valence-electron chi connectivity index (χ2n) is 5.29. The fourth-order valence-electron chi connectivity index (χ4n) is 2.87. The van der Waals surface area contributed by atoms with Crippen LogP contribution in [0.1, 0.15) is 17.5 Å². The Kier molecular flexibility index (Phi) is 3.04. The molecule has 1 aromatic heterocycles. The molecule has 0 unspecified atom stereocenters. The normalized spacial score (nSPS) is 13.5. The van der Waals surface area contributed by atoms with Gasteiger partial charge in [-0.15, -0.1) is 0 Å². The standard InChI is InChI=1S/C17H15N3S/c18-17-19-15-7-2-1-6-14(15)16(20-17)21-13-9-8-11-4-3-5-12(11)10-13/h1-2,6-10H,3-5H2,(H2,18,19,20). The third-order valence-electron chi connectivity index (χ3n) is 3.87. The number of rotatable bonds is 2. The quantitative estimate of drug-likeness (QED) is 0.729. The summed E-state index contributed by atoms with van der Waals surface area (Å²) in [5.74, 6) is 0.331. The first-order valence-corrected chi connectivity index (χ1v) is 7.93. The molecule has 104 valence electrons. The van der Waals surface area contributed by atoms with Crippen LogP contribution in [0.4, 0.5) is 5.95 Å². The van der Waals surface area contributed by atoms with Crippen LogP contribution in [-0.2, 0) is 12.8 Å². The Morgan fingerprint density at radius 1 is 0.952 bits per heavy atom. The largest absolute Gasteiger partial charge is 0.368 e. The van der Waals surface area contributed by atoms with Crippen LogP contribution >= 0.6 is 11.8 Å². The van der Waals surface area contributed by atoms with Crippen LogP contribution in [0.2, 0.25) is 0 Å². The molecule has 21 heavy (non-hydrogen) atoms. The molecule has 1 aliphatic carbocycles. The monoisotopic (exact) mass is 293 g/mol. The molecular formula is C17H15N3S. The van der Waals surface area contributed by atoms with Crippen LogP contribution in [0, 0.1) is 0 Å². The number of nitrogens with two attached hydrogens (primary N) is 1. The van der Waals surface area contributed by atoms with Gasteiger partial charge in [0.2, 0.25) is 5.95 Å². The van der Waals surface area contributed by atoms with Crippen molar-refractivity contribution in [1.29, 1.82) is 0 Å². The van der Waals surface area contributed by atoms with Gasteiger partial charge in [-0.3, -0.25) is 0 Å². The number of anilines is 1. The van der Waals surface area contributed by atoms with Gasteiger partial charge in [0.15, 0.2) is 0 Å². The van der Waals surface area contributed by atoms with E-state index in [-0.39, 0.29) is 0 Å². The van der Waals surface area contributed by atoms with E-state index >= 15 is 0 Å². The van der Waals surface area contributed by atoms with Crippen LogP contribution in [0.5, 0.6) is 0 Å². The average Bonchev–Trinajstić information content (AvgIpc) is 2.94. The first-order valence-electron chi connectivity index (χ1n) is 7.11. The number of para-hydroxylation sites is 1. The van der Waals surface area contributed by atoms with Crippen molar-refractivity contribution in [2.75, 3.05) is 5.73 Å². The first-order chi connectivity index (χ1) is 10.3. The minimum Gasteiger partial charge on any atom is -0.368 e. The van der Waals surface area contributed by atoms with Crippen molar-refractivity contribution >= 4 is 28.6 Å². The van der Waals surface area contributed by atoms with Crippen molar-refractivity contribution in [2.24, 2.45) is 0 Å². The number of nitrogens with zero attached hydrogens (tertiary/aromatic N) is 2. The molecule has 4 rings (SSSR count). The summed E-state index contributed by atoms with van der Waals surface area (Å²) in [4.78, 5) is 9.93. The summed E-state index contributed by atoms with van der Waals surface area (Å²) in [6.45, 7) is 0. The molecule has 3 aromatic rings. The average molecular weight is 293 g/mol. The number of hydrogen-bond donors (Lipinski definition) is 1. The van der Waals surface area contributed by atoms with E-state index in [0.29, 0.717) is 5.95 Å². The van der Waals surface area contributed by atoms with Crippen molar-refractivity contribution in [3.8, 4) is 0 Å². The molecule has 0 bridgehead atoms. The highest BCUT2D eigenvalue weighted by Crippen LogP contribution is 2.34. The van der Waals surface area contributed by atoms with Gasteiger partial charge in [0.1, 0.15) is 5.03 Å². The lowest BCUT2D eigenvalue weighted by Crippen LogP contribution is -1.97. The lowest BCUT2D eigenvalue weighted by molar-refractivity contribution is 0.911.